The van der Waals surface area contributed by atoms with Gasteiger partial charge in [0.25, 0.3) is 0 Å². The van der Waals surface area contributed by atoms with Crippen LogP contribution in [0.3, 0.4) is 0 Å². The van der Waals surface area contributed by atoms with Gasteiger partial charge < -0.3 is 0 Å². The Bertz CT molecular complexity index is 538. The second-order valence-corrected chi connectivity index (χ2v) is 5.24. The molecule has 0 aliphatic carbocycles. The average Bonchev–Trinajstić information content (AvgIpc) is 2.17. The third-order valence-corrected chi connectivity index (χ3v) is 2.75. The zero-order chi connectivity index (χ0) is 11.9. The summed E-state index contributed by atoms with van der Waals surface area (Å²) in [5.41, 5.74) is 3.01. The van der Waals surface area contributed by atoms with Crippen LogP contribution in [0.15, 0.2) is 24.3 Å². The van der Waals surface area contributed by atoms with Gasteiger partial charge in [-0.3, -0.25) is 4.98 Å². The molecule has 1 heterocycles. The molecule has 0 saturated heterocycles. The number of halogens is 1. The van der Waals surface area contributed by atoms with Crippen LogP contribution in [0.2, 0.25) is 0 Å². The molecule has 0 radical (unpaired) electrons. The third-order valence-electron chi connectivity index (χ3n) is 2.75. The minimum absolute atomic E-state index is 0.0212. The van der Waals surface area contributed by atoms with Crippen molar-refractivity contribution in [3.63, 3.8) is 0 Å². The fourth-order valence-corrected chi connectivity index (χ4v) is 1.75. The summed E-state index contributed by atoms with van der Waals surface area (Å²) in [4.78, 5) is 4.58. The summed E-state index contributed by atoms with van der Waals surface area (Å²) < 4.78 is 13.1. The van der Waals surface area contributed by atoms with Crippen LogP contribution in [-0.2, 0) is 5.41 Å². The molecule has 2 aromatic rings. The minimum Gasteiger partial charge on any atom is -0.252 e. The normalized spacial score (nSPS) is 12.1. The highest BCUT2D eigenvalue weighted by atomic mass is 19.1. The van der Waals surface area contributed by atoms with Crippen LogP contribution in [0.5, 0.6) is 0 Å². The summed E-state index contributed by atoms with van der Waals surface area (Å²) >= 11 is 0. The summed E-state index contributed by atoms with van der Waals surface area (Å²) in [6.07, 6.45) is 0. The fourth-order valence-electron chi connectivity index (χ4n) is 1.75. The predicted molar refractivity (Wildman–Crippen MR) is 65.1 cm³/mol. The number of aryl methyl sites for hydroxylation is 1. The molecule has 0 aliphatic heterocycles. The highest BCUT2D eigenvalue weighted by Gasteiger charge is 2.16. The van der Waals surface area contributed by atoms with Crippen molar-refractivity contribution in [1.29, 1.82) is 0 Å². The lowest BCUT2D eigenvalue weighted by molar-refractivity contribution is 0.571. The molecule has 0 spiro atoms. The van der Waals surface area contributed by atoms with Crippen LogP contribution in [0.1, 0.15) is 32.0 Å². The second kappa shape index (κ2) is 3.55. The maximum atomic E-state index is 13.1. The van der Waals surface area contributed by atoms with E-state index in [1.54, 1.807) is 12.1 Å². The van der Waals surface area contributed by atoms with Crippen LogP contribution in [-0.4, -0.2) is 4.98 Å². The van der Waals surface area contributed by atoms with Gasteiger partial charge >= 0.3 is 0 Å². The Morgan fingerprint density at radius 3 is 2.44 bits per heavy atom. The molecule has 2 rings (SSSR count). The Hall–Kier alpha value is -1.44. The number of pyridine rings is 1. The first-order chi connectivity index (χ1) is 7.38. The number of benzene rings is 1. The lowest BCUT2D eigenvalue weighted by atomic mass is 9.90. The maximum absolute atomic E-state index is 13.1. The van der Waals surface area contributed by atoms with Crippen LogP contribution >= 0.6 is 0 Å². The van der Waals surface area contributed by atoms with Gasteiger partial charge in [0, 0.05) is 16.5 Å². The highest BCUT2D eigenvalue weighted by Crippen LogP contribution is 2.26. The molecule has 0 amide bonds. The second-order valence-electron chi connectivity index (χ2n) is 5.24. The van der Waals surface area contributed by atoms with E-state index in [0.717, 1.165) is 22.2 Å². The summed E-state index contributed by atoms with van der Waals surface area (Å²) in [6.45, 7) is 8.39. The van der Waals surface area contributed by atoms with Gasteiger partial charge in [-0.15, -0.1) is 0 Å². The molecule has 1 aromatic heterocycles. The molecule has 1 aromatic carbocycles. The number of fused-ring (bicyclic) bond motifs is 1. The van der Waals surface area contributed by atoms with Gasteiger partial charge in [-0.25, -0.2) is 4.39 Å². The monoisotopic (exact) mass is 217 g/mol. The molecular formula is C14H16FN. The largest absolute Gasteiger partial charge is 0.252 e. The standard InChI is InChI=1S/C14H16FN/c1-9-7-13(14(2,3)4)16-12-6-5-10(15)8-11(9)12/h5-8H,1-4H3. The minimum atomic E-state index is -0.207. The quantitative estimate of drug-likeness (QED) is 0.650. The van der Waals surface area contributed by atoms with Crippen molar-refractivity contribution in [2.45, 2.75) is 33.1 Å². The van der Waals surface area contributed by atoms with Crippen molar-refractivity contribution >= 4 is 10.9 Å². The van der Waals surface area contributed by atoms with E-state index in [1.165, 1.54) is 6.07 Å². The van der Waals surface area contributed by atoms with Crippen LogP contribution in [0.25, 0.3) is 10.9 Å². The molecule has 2 heteroatoms. The van der Waals surface area contributed by atoms with Crippen molar-refractivity contribution in [2.75, 3.05) is 0 Å². The molecule has 0 aliphatic rings. The maximum Gasteiger partial charge on any atom is 0.123 e. The topological polar surface area (TPSA) is 12.9 Å². The first-order valence-electron chi connectivity index (χ1n) is 5.45. The zero-order valence-electron chi connectivity index (χ0n) is 10.1. The molecule has 0 unspecified atom stereocenters. The molecule has 0 N–H and O–H groups in total. The van der Waals surface area contributed by atoms with E-state index in [4.69, 9.17) is 0 Å². The van der Waals surface area contributed by atoms with Gasteiger partial charge in [-0.05, 0) is 36.8 Å². The molecular weight excluding hydrogens is 201 g/mol. The Kier molecular flexibility index (Phi) is 2.45. The van der Waals surface area contributed by atoms with Gasteiger partial charge in [0.05, 0.1) is 5.52 Å². The molecule has 0 atom stereocenters. The summed E-state index contributed by atoms with van der Waals surface area (Å²) in [7, 11) is 0. The molecule has 0 saturated carbocycles. The molecule has 16 heavy (non-hydrogen) atoms. The summed E-state index contributed by atoms with van der Waals surface area (Å²) in [5, 5.41) is 0.896. The highest BCUT2D eigenvalue weighted by molar-refractivity contribution is 5.82. The Labute approximate surface area is 95.3 Å². The average molecular weight is 217 g/mol. The van der Waals surface area contributed by atoms with Crippen molar-refractivity contribution < 1.29 is 4.39 Å². The van der Waals surface area contributed by atoms with Gasteiger partial charge in [0.15, 0.2) is 0 Å². The van der Waals surface area contributed by atoms with Crippen molar-refractivity contribution in [1.82, 2.24) is 4.98 Å². The lowest BCUT2D eigenvalue weighted by Gasteiger charge is -2.19. The Morgan fingerprint density at radius 2 is 1.81 bits per heavy atom. The summed E-state index contributed by atoms with van der Waals surface area (Å²) in [6, 6.07) is 6.79. The predicted octanol–water partition coefficient (Wildman–Crippen LogP) is 3.98. The van der Waals surface area contributed by atoms with Crippen LogP contribution < -0.4 is 0 Å². The Balaban J connectivity index is 2.74. The van der Waals surface area contributed by atoms with E-state index < -0.39 is 0 Å². The van der Waals surface area contributed by atoms with E-state index in [9.17, 15) is 4.39 Å². The number of hydrogen-bond donors (Lipinski definition) is 0. The smallest absolute Gasteiger partial charge is 0.123 e. The molecule has 84 valence electrons. The third kappa shape index (κ3) is 1.92. The Morgan fingerprint density at radius 1 is 1.12 bits per heavy atom. The fraction of sp³-hybridized carbons (Fsp3) is 0.357. The number of rotatable bonds is 0. The van der Waals surface area contributed by atoms with E-state index in [2.05, 4.69) is 25.8 Å². The zero-order valence-corrected chi connectivity index (χ0v) is 10.1. The van der Waals surface area contributed by atoms with Crippen molar-refractivity contribution in [3.8, 4) is 0 Å². The van der Waals surface area contributed by atoms with Gasteiger partial charge in [0.1, 0.15) is 5.82 Å². The number of nitrogens with zero attached hydrogens (tertiary/aromatic N) is 1. The van der Waals surface area contributed by atoms with Crippen LogP contribution in [0, 0.1) is 12.7 Å². The molecule has 1 nitrogen and oxygen atoms in total. The molecule has 0 fully saturated rings. The number of hydrogen-bond acceptors (Lipinski definition) is 1. The van der Waals surface area contributed by atoms with E-state index in [-0.39, 0.29) is 11.2 Å². The van der Waals surface area contributed by atoms with Crippen molar-refractivity contribution in [3.05, 3.63) is 41.3 Å². The van der Waals surface area contributed by atoms with Gasteiger partial charge in [-0.1, -0.05) is 20.8 Å². The molecule has 0 bridgehead atoms. The van der Waals surface area contributed by atoms with Crippen molar-refractivity contribution in [2.24, 2.45) is 0 Å². The van der Waals surface area contributed by atoms with E-state index >= 15 is 0 Å². The lowest BCUT2D eigenvalue weighted by Crippen LogP contribution is -2.13. The summed E-state index contributed by atoms with van der Waals surface area (Å²) in [5.74, 6) is -0.207. The van der Waals surface area contributed by atoms with Gasteiger partial charge in [-0.2, -0.15) is 0 Å². The van der Waals surface area contributed by atoms with E-state index in [1.807, 2.05) is 13.0 Å². The SMILES string of the molecule is Cc1cc(C(C)(C)C)nc2ccc(F)cc12. The van der Waals surface area contributed by atoms with Crippen LogP contribution in [0.4, 0.5) is 4.39 Å². The number of aromatic nitrogens is 1. The first kappa shape index (κ1) is 11.1. The van der Waals surface area contributed by atoms with E-state index in [0.29, 0.717) is 0 Å². The first-order valence-corrected chi connectivity index (χ1v) is 5.45. The van der Waals surface area contributed by atoms with Gasteiger partial charge in [0.2, 0.25) is 0 Å².